The Balaban J connectivity index is 2.09. The molecule has 2 rings (SSSR count). The van der Waals surface area contributed by atoms with Gasteiger partial charge in [0.2, 0.25) is 0 Å². The zero-order chi connectivity index (χ0) is 9.31. The van der Waals surface area contributed by atoms with Crippen molar-refractivity contribution in [2.24, 2.45) is 5.92 Å². The van der Waals surface area contributed by atoms with Crippen molar-refractivity contribution in [2.75, 3.05) is 5.75 Å². The number of thioether (sulfide) groups is 1. The molecule has 2 unspecified atom stereocenters. The minimum absolute atomic E-state index is 0.446. The fourth-order valence-electron chi connectivity index (χ4n) is 2.49. The van der Waals surface area contributed by atoms with Crippen LogP contribution in [0.1, 0.15) is 39.0 Å². The van der Waals surface area contributed by atoms with Crippen LogP contribution in [0.4, 0.5) is 0 Å². The Kier molecular flexibility index (Phi) is 2.70. The van der Waals surface area contributed by atoms with Gasteiger partial charge in [-0.2, -0.15) is 0 Å². The number of rotatable bonds is 1. The molecule has 1 N–H and O–H groups in total. The molecule has 0 amide bonds. The van der Waals surface area contributed by atoms with Crippen molar-refractivity contribution in [2.45, 2.75) is 44.6 Å². The quantitative estimate of drug-likeness (QED) is 0.699. The van der Waals surface area contributed by atoms with Gasteiger partial charge < -0.3 is 5.11 Å². The van der Waals surface area contributed by atoms with Crippen LogP contribution < -0.4 is 0 Å². The zero-order valence-corrected chi connectivity index (χ0v) is 9.07. The van der Waals surface area contributed by atoms with Gasteiger partial charge in [-0.1, -0.05) is 19.4 Å². The molecule has 2 atom stereocenters. The molecule has 1 heterocycles. The van der Waals surface area contributed by atoms with E-state index in [0.717, 1.165) is 19.3 Å². The molecule has 74 valence electrons. The molecule has 0 aromatic rings. The van der Waals surface area contributed by atoms with Crippen molar-refractivity contribution in [3.05, 3.63) is 11.0 Å². The highest BCUT2D eigenvalue weighted by Gasteiger charge is 2.37. The first kappa shape index (κ1) is 9.60. The molecule has 1 fully saturated rings. The molecular weight excluding hydrogens is 180 g/mol. The van der Waals surface area contributed by atoms with Gasteiger partial charge in [0.05, 0.1) is 5.60 Å². The van der Waals surface area contributed by atoms with E-state index in [4.69, 9.17) is 0 Å². The van der Waals surface area contributed by atoms with Crippen molar-refractivity contribution in [3.63, 3.8) is 0 Å². The summed E-state index contributed by atoms with van der Waals surface area (Å²) in [5.41, 5.74) is -0.446. The number of aliphatic hydroxyl groups is 1. The third-order valence-electron chi connectivity index (χ3n) is 3.14. The van der Waals surface area contributed by atoms with E-state index in [9.17, 15) is 5.11 Å². The van der Waals surface area contributed by atoms with Gasteiger partial charge >= 0.3 is 0 Å². The van der Waals surface area contributed by atoms with Crippen LogP contribution in [0.25, 0.3) is 0 Å². The van der Waals surface area contributed by atoms with E-state index in [1.165, 1.54) is 23.5 Å². The van der Waals surface area contributed by atoms with Crippen molar-refractivity contribution in [1.82, 2.24) is 0 Å². The van der Waals surface area contributed by atoms with Gasteiger partial charge in [0, 0.05) is 10.7 Å². The van der Waals surface area contributed by atoms with Crippen LogP contribution in [-0.2, 0) is 0 Å². The van der Waals surface area contributed by atoms with Gasteiger partial charge in [0.15, 0.2) is 0 Å². The monoisotopic (exact) mass is 198 g/mol. The molecule has 2 heteroatoms. The summed E-state index contributed by atoms with van der Waals surface area (Å²) in [4.78, 5) is 1.26. The first-order chi connectivity index (χ1) is 6.21. The lowest BCUT2D eigenvalue weighted by atomic mass is 9.78. The van der Waals surface area contributed by atoms with Crippen LogP contribution in [0.2, 0.25) is 0 Å². The molecule has 1 saturated carbocycles. The summed E-state index contributed by atoms with van der Waals surface area (Å²) >= 11 is 1.86. The molecule has 1 aliphatic heterocycles. The minimum Gasteiger partial charge on any atom is -0.385 e. The van der Waals surface area contributed by atoms with E-state index < -0.39 is 5.60 Å². The molecule has 0 spiro atoms. The number of hydrogen-bond donors (Lipinski definition) is 1. The Morgan fingerprint density at radius 3 is 3.08 bits per heavy atom. The second kappa shape index (κ2) is 3.66. The molecule has 0 aromatic carbocycles. The summed E-state index contributed by atoms with van der Waals surface area (Å²) in [6, 6.07) is 0. The highest BCUT2D eigenvalue weighted by Crippen LogP contribution is 2.44. The van der Waals surface area contributed by atoms with Gasteiger partial charge in [-0.05, 0) is 31.6 Å². The van der Waals surface area contributed by atoms with Crippen LogP contribution in [-0.4, -0.2) is 16.5 Å². The van der Waals surface area contributed by atoms with E-state index in [-0.39, 0.29) is 0 Å². The summed E-state index contributed by atoms with van der Waals surface area (Å²) in [6.07, 6.45) is 7.83. The Morgan fingerprint density at radius 2 is 2.46 bits per heavy atom. The fraction of sp³-hybridized carbons (Fsp3) is 0.818. The minimum atomic E-state index is -0.446. The third-order valence-corrected chi connectivity index (χ3v) is 4.43. The third kappa shape index (κ3) is 1.94. The maximum Gasteiger partial charge on any atom is 0.0953 e. The highest BCUT2D eigenvalue weighted by molar-refractivity contribution is 8.03. The Bertz CT molecular complexity index is 224. The van der Waals surface area contributed by atoms with Crippen LogP contribution in [0.15, 0.2) is 11.0 Å². The van der Waals surface area contributed by atoms with Gasteiger partial charge in [0.1, 0.15) is 0 Å². The summed E-state index contributed by atoms with van der Waals surface area (Å²) in [6.45, 7) is 2.25. The molecule has 1 aliphatic carbocycles. The molecule has 0 bridgehead atoms. The van der Waals surface area contributed by atoms with Gasteiger partial charge in [-0.25, -0.2) is 0 Å². The summed E-state index contributed by atoms with van der Waals surface area (Å²) in [5.74, 6) is 1.87. The van der Waals surface area contributed by atoms with E-state index >= 15 is 0 Å². The first-order valence-corrected chi connectivity index (χ1v) is 6.25. The lowest BCUT2D eigenvalue weighted by Gasteiger charge is -2.36. The predicted molar refractivity (Wildman–Crippen MR) is 57.7 cm³/mol. The second-order valence-electron chi connectivity index (χ2n) is 4.44. The summed E-state index contributed by atoms with van der Waals surface area (Å²) in [5, 5.41) is 10.5. The maximum atomic E-state index is 10.5. The van der Waals surface area contributed by atoms with E-state index in [2.05, 4.69) is 13.0 Å². The number of hydrogen-bond acceptors (Lipinski definition) is 2. The zero-order valence-electron chi connectivity index (χ0n) is 8.25. The van der Waals surface area contributed by atoms with Crippen LogP contribution >= 0.6 is 11.8 Å². The normalized spacial score (nSPS) is 40.5. The Morgan fingerprint density at radius 1 is 1.62 bits per heavy atom. The van der Waals surface area contributed by atoms with Crippen LogP contribution in [0.5, 0.6) is 0 Å². The van der Waals surface area contributed by atoms with Gasteiger partial charge in [-0.3, -0.25) is 0 Å². The van der Waals surface area contributed by atoms with Crippen molar-refractivity contribution in [3.8, 4) is 0 Å². The van der Waals surface area contributed by atoms with E-state index in [1.54, 1.807) is 0 Å². The fourth-order valence-corrected chi connectivity index (χ4v) is 3.63. The van der Waals surface area contributed by atoms with Gasteiger partial charge in [0.25, 0.3) is 0 Å². The van der Waals surface area contributed by atoms with Gasteiger partial charge in [-0.15, -0.1) is 11.8 Å². The van der Waals surface area contributed by atoms with E-state index in [0.29, 0.717) is 5.92 Å². The average Bonchev–Trinajstić information content (AvgIpc) is 2.55. The molecule has 2 aliphatic rings. The summed E-state index contributed by atoms with van der Waals surface area (Å²) < 4.78 is 0. The SMILES string of the molecule is CC1CCCC(O)(C2=CCCS2)C1. The second-order valence-corrected chi connectivity index (χ2v) is 5.58. The molecule has 1 nitrogen and oxygen atoms in total. The van der Waals surface area contributed by atoms with E-state index in [1.807, 2.05) is 11.8 Å². The van der Waals surface area contributed by atoms with Crippen molar-refractivity contribution >= 4 is 11.8 Å². The summed E-state index contributed by atoms with van der Waals surface area (Å²) in [7, 11) is 0. The molecule has 0 radical (unpaired) electrons. The first-order valence-electron chi connectivity index (χ1n) is 5.26. The smallest absolute Gasteiger partial charge is 0.0953 e. The lowest BCUT2D eigenvalue weighted by Crippen LogP contribution is -2.35. The molecule has 13 heavy (non-hydrogen) atoms. The van der Waals surface area contributed by atoms with Crippen LogP contribution in [0, 0.1) is 5.92 Å². The Labute approximate surface area is 84.6 Å². The van der Waals surface area contributed by atoms with Crippen LogP contribution in [0.3, 0.4) is 0 Å². The Hall–Kier alpha value is 0.0500. The average molecular weight is 198 g/mol. The maximum absolute atomic E-state index is 10.5. The predicted octanol–water partition coefficient (Wildman–Crippen LogP) is 2.95. The topological polar surface area (TPSA) is 20.2 Å². The molecule has 0 aromatic heterocycles. The number of allylic oxidation sites excluding steroid dienone is 1. The molecular formula is C11H18OS. The highest BCUT2D eigenvalue weighted by atomic mass is 32.2. The largest absolute Gasteiger partial charge is 0.385 e. The standard InChI is InChI=1S/C11H18OS/c1-9-4-2-6-11(12,8-9)10-5-3-7-13-10/h5,9,12H,2-4,6-8H2,1H3. The van der Waals surface area contributed by atoms with Crippen molar-refractivity contribution in [1.29, 1.82) is 0 Å². The molecule has 0 saturated heterocycles. The lowest BCUT2D eigenvalue weighted by molar-refractivity contribution is 0.0285. The van der Waals surface area contributed by atoms with Crippen molar-refractivity contribution < 1.29 is 5.11 Å².